The second-order valence-corrected chi connectivity index (χ2v) is 3.07. The Balaban J connectivity index is -0.000000352. The van der Waals surface area contributed by atoms with Crippen LogP contribution in [0, 0.1) is 0 Å². The quantitative estimate of drug-likeness (QED) is 0.453. The van der Waals surface area contributed by atoms with Gasteiger partial charge in [0.25, 0.3) is 5.91 Å². The van der Waals surface area contributed by atoms with Crippen LogP contribution in [0.15, 0.2) is 0 Å². The summed E-state index contributed by atoms with van der Waals surface area (Å²) in [7, 11) is 0. The van der Waals surface area contributed by atoms with Gasteiger partial charge in [-0.2, -0.15) is 0 Å². The largest absolute Gasteiger partial charge is 4.00 e. The second-order valence-electron chi connectivity index (χ2n) is 3.07. The van der Waals surface area contributed by atoms with Gasteiger partial charge in [0, 0.05) is 24.8 Å². The van der Waals surface area contributed by atoms with Crippen LogP contribution >= 0.6 is 0 Å². The van der Waals surface area contributed by atoms with E-state index < -0.39 is 48.2 Å². The summed E-state index contributed by atoms with van der Waals surface area (Å²) in [6.45, 7) is 0. The van der Waals surface area contributed by atoms with Gasteiger partial charge >= 0.3 is 17.4 Å². The van der Waals surface area contributed by atoms with Gasteiger partial charge in [-0.25, -0.2) is 0 Å². The molecule has 0 aliphatic rings. The summed E-state index contributed by atoms with van der Waals surface area (Å²) in [5.41, 5.74) is 1.16. The van der Waals surface area contributed by atoms with Crippen LogP contribution in [-0.4, -0.2) is 40.5 Å². The van der Waals surface area contributed by atoms with Crippen LogP contribution < -0.4 is 26.2 Å². The first-order chi connectivity index (χ1) is 8.42. The van der Waals surface area contributed by atoms with Crippen molar-refractivity contribution in [2.75, 3.05) is 0 Å². The molecule has 0 spiro atoms. The molecule has 20 heavy (non-hydrogen) atoms. The fourth-order valence-electron chi connectivity index (χ4n) is 0.684. The van der Waals surface area contributed by atoms with Gasteiger partial charge < -0.3 is 50.4 Å². The Morgan fingerprint density at radius 2 is 1.15 bits per heavy atom. The minimum atomic E-state index is -2.97. The molecule has 0 heterocycles. The number of amides is 1. The zero-order valence-corrected chi connectivity index (χ0v) is 10.8. The summed E-state index contributed by atoms with van der Waals surface area (Å²) in [6.07, 6.45) is -2.72. The van der Waals surface area contributed by atoms with Crippen LogP contribution in [0.3, 0.4) is 0 Å². The molecule has 0 saturated heterocycles. The van der Waals surface area contributed by atoms with Crippen molar-refractivity contribution in [1.82, 2.24) is 0 Å². The van der Waals surface area contributed by atoms with Gasteiger partial charge in [-0.05, 0) is 0 Å². The molecule has 110 valence electrons. The van der Waals surface area contributed by atoms with E-state index in [1.54, 1.807) is 0 Å². The number of nitrogens with two attached hydrogens (primary N) is 1. The van der Waals surface area contributed by atoms with Crippen LogP contribution in [0.2, 0.25) is 0 Å². The second kappa shape index (κ2) is 9.73. The summed E-state index contributed by atoms with van der Waals surface area (Å²) in [5, 5.41) is 48.0. The smallest absolute Gasteiger partial charge is 0.550 e. The number of carboxylic acids is 4. The van der Waals surface area contributed by atoms with Gasteiger partial charge in [0.15, 0.2) is 0 Å². The standard InChI is InChI=1S/C6H8O7.C2H3NO3.Cr/c7-3(8)1-6(13,5(11)12)2-4(9)10;3-1(4)2(5)6;/h13H,1-2H2,(H,7,8)(H,9,10)(H,11,12);(H2,3,4)(H,5,6);/q;;+4/p-4. The molecule has 1 amide bonds. The summed E-state index contributed by atoms with van der Waals surface area (Å²) in [4.78, 5) is 48.4. The van der Waals surface area contributed by atoms with E-state index in [1.807, 2.05) is 0 Å². The molecule has 11 nitrogen and oxygen atoms in total. The number of rotatable bonds is 5. The van der Waals surface area contributed by atoms with E-state index in [-0.39, 0.29) is 17.4 Å². The molecule has 3 N–H and O–H groups in total. The molecule has 0 aliphatic heterocycles. The zero-order valence-electron chi connectivity index (χ0n) is 9.52. The predicted octanol–water partition coefficient (Wildman–Crippen LogP) is -8.03. The van der Waals surface area contributed by atoms with Crippen LogP contribution in [-0.2, 0) is 41.3 Å². The van der Waals surface area contributed by atoms with Crippen molar-refractivity contribution in [3.63, 3.8) is 0 Å². The van der Waals surface area contributed by atoms with E-state index in [4.69, 9.17) is 15.0 Å². The molecule has 0 aromatic rings. The van der Waals surface area contributed by atoms with Crippen LogP contribution in [0.1, 0.15) is 12.8 Å². The van der Waals surface area contributed by atoms with Crippen molar-refractivity contribution in [2.24, 2.45) is 5.73 Å². The maximum absolute atomic E-state index is 10.1. The SMILES string of the molecule is NC(=O)C(=O)[O-].O=C([O-])CC(O)(CC(=O)[O-])C(=O)[O-].[Cr+4]. The molecule has 0 saturated carbocycles. The van der Waals surface area contributed by atoms with E-state index >= 15 is 0 Å². The monoisotopic (exact) mass is 329 g/mol. The maximum atomic E-state index is 10.1. The van der Waals surface area contributed by atoms with Gasteiger partial charge in [-0.15, -0.1) is 0 Å². The molecule has 0 unspecified atom stereocenters. The minimum absolute atomic E-state index is 0. The van der Waals surface area contributed by atoms with Gasteiger partial charge in [0.2, 0.25) is 0 Å². The number of primary amides is 1. The average molecular weight is 329 g/mol. The van der Waals surface area contributed by atoms with Crippen LogP contribution in [0.4, 0.5) is 0 Å². The molecule has 12 heteroatoms. The molecule has 0 rings (SSSR count). The van der Waals surface area contributed by atoms with Crippen molar-refractivity contribution < 1.29 is 66.9 Å². The van der Waals surface area contributed by atoms with Crippen LogP contribution in [0.25, 0.3) is 0 Å². The van der Waals surface area contributed by atoms with E-state index in [0.29, 0.717) is 0 Å². The van der Waals surface area contributed by atoms with E-state index in [9.17, 15) is 34.5 Å². The molecule has 0 aromatic heterocycles. The molecule has 0 aliphatic carbocycles. The third-order valence-corrected chi connectivity index (χ3v) is 1.45. The summed E-state index contributed by atoms with van der Waals surface area (Å²) in [6, 6.07) is 0. The number of carboxylic acid groups (broad SMARTS) is 4. The van der Waals surface area contributed by atoms with Crippen molar-refractivity contribution in [3.8, 4) is 0 Å². The summed E-state index contributed by atoms with van der Waals surface area (Å²) in [5.74, 6) is -9.27. The van der Waals surface area contributed by atoms with Gasteiger partial charge in [0.05, 0.1) is 5.97 Å². The number of carbonyl (C=O) groups is 5. The van der Waals surface area contributed by atoms with Crippen molar-refractivity contribution in [1.29, 1.82) is 0 Å². The predicted molar refractivity (Wildman–Crippen MR) is 43.4 cm³/mol. The Bertz CT molecular complexity index is 378. The summed E-state index contributed by atoms with van der Waals surface area (Å²) >= 11 is 0. The number of aliphatic hydroxyl groups is 1. The Kier molecular flexibility index (Phi) is 11.2. The minimum Gasteiger partial charge on any atom is -0.550 e. The molecule has 0 atom stereocenters. The average Bonchev–Trinajstić information content (AvgIpc) is 2.14. The number of hydrogen-bond donors (Lipinski definition) is 2. The van der Waals surface area contributed by atoms with Crippen molar-refractivity contribution in [2.45, 2.75) is 18.4 Å². The first kappa shape index (κ1) is 23.0. The molecular weight excluding hydrogens is 322 g/mol. The molecular formula is C8H7CrNO10. The Labute approximate surface area is 121 Å². The molecule has 0 fully saturated rings. The van der Waals surface area contributed by atoms with Gasteiger partial charge in [0.1, 0.15) is 11.6 Å². The van der Waals surface area contributed by atoms with Crippen LogP contribution in [0.5, 0.6) is 0 Å². The molecule has 0 bridgehead atoms. The fourth-order valence-corrected chi connectivity index (χ4v) is 0.684. The first-order valence-electron chi connectivity index (χ1n) is 4.26. The molecule has 0 radical (unpaired) electrons. The topological polar surface area (TPSA) is 224 Å². The fraction of sp³-hybridized carbons (Fsp3) is 0.375. The first-order valence-corrected chi connectivity index (χ1v) is 4.26. The normalized spacial score (nSPS) is 9.25. The number of hydrogen-bond acceptors (Lipinski definition) is 10. The molecule has 0 aromatic carbocycles. The number of carbonyl (C=O) groups excluding carboxylic acids is 5. The third kappa shape index (κ3) is 11.0. The Hall–Kier alpha value is -2.16. The van der Waals surface area contributed by atoms with E-state index in [1.165, 1.54) is 0 Å². The van der Waals surface area contributed by atoms with Gasteiger partial charge in [-0.1, -0.05) is 0 Å². The van der Waals surface area contributed by atoms with Crippen molar-refractivity contribution in [3.05, 3.63) is 0 Å². The third-order valence-electron chi connectivity index (χ3n) is 1.45. The van der Waals surface area contributed by atoms with Gasteiger partial charge in [-0.3, -0.25) is 4.79 Å². The van der Waals surface area contributed by atoms with Crippen molar-refractivity contribution >= 4 is 29.8 Å². The van der Waals surface area contributed by atoms with E-state index in [0.717, 1.165) is 0 Å². The maximum Gasteiger partial charge on any atom is 4.00 e. The Morgan fingerprint density at radius 1 is 0.900 bits per heavy atom. The van der Waals surface area contributed by atoms with E-state index in [2.05, 4.69) is 5.73 Å². The zero-order chi connectivity index (χ0) is 15.8. The number of aliphatic carboxylic acids is 4. The Morgan fingerprint density at radius 3 is 1.25 bits per heavy atom. The summed E-state index contributed by atoms with van der Waals surface area (Å²) < 4.78 is 0.